The molecule has 0 unspecified atom stereocenters. The first-order chi connectivity index (χ1) is 14.1. The summed E-state index contributed by atoms with van der Waals surface area (Å²) in [5.41, 5.74) is 2.81. The number of carbonyl (C=O) groups is 2. The number of ether oxygens (including phenoxy) is 1. The normalized spacial score (nSPS) is 15.2. The van der Waals surface area contributed by atoms with Crippen LogP contribution in [0.15, 0.2) is 66.5 Å². The Kier molecular flexibility index (Phi) is 5.14. The molecule has 1 saturated heterocycles. The number of esters is 1. The van der Waals surface area contributed by atoms with Crippen LogP contribution in [0.25, 0.3) is 17.0 Å². The molecule has 4 rings (SSSR count). The highest BCUT2D eigenvalue weighted by Gasteiger charge is 2.32. The Hall–Kier alpha value is -3.45. The molecule has 0 saturated carbocycles. The zero-order chi connectivity index (χ0) is 20.4. The average Bonchev–Trinajstić information content (AvgIpc) is 3.20. The number of nitrogens with one attached hydrogen (secondary N) is 1. The summed E-state index contributed by atoms with van der Waals surface area (Å²) >= 11 is 5.37. The Bertz CT molecular complexity index is 1130. The highest BCUT2D eigenvalue weighted by Crippen LogP contribution is 2.26. The van der Waals surface area contributed by atoms with Crippen molar-refractivity contribution in [3.05, 3.63) is 72.1 Å². The fraction of sp³-hybridized carbons (Fsp3) is 0.136. The number of fused-ring (bicyclic) bond motifs is 1. The Morgan fingerprint density at radius 2 is 1.86 bits per heavy atom. The third-order valence-electron chi connectivity index (χ3n) is 4.62. The van der Waals surface area contributed by atoms with Crippen molar-refractivity contribution in [3.63, 3.8) is 0 Å². The fourth-order valence-electron chi connectivity index (χ4n) is 3.37. The monoisotopic (exact) mass is 405 g/mol. The Labute approximate surface area is 173 Å². The predicted molar refractivity (Wildman–Crippen MR) is 116 cm³/mol. The van der Waals surface area contributed by atoms with E-state index in [2.05, 4.69) is 5.32 Å². The standard InChI is InChI=1S/C22H19N3O3S/c1-2-28-20(26)14-24-13-15(17-10-6-7-11-19(17)24)12-18-21(27)25(22(29)23-18)16-8-4-3-5-9-16/h3-13H,2,14H2,1H3,(H,23,29)/b18-12-. The second kappa shape index (κ2) is 7.89. The number of benzene rings is 2. The molecule has 1 aromatic heterocycles. The third kappa shape index (κ3) is 3.64. The summed E-state index contributed by atoms with van der Waals surface area (Å²) in [6.45, 7) is 2.22. The molecular weight excluding hydrogens is 386 g/mol. The van der Waals surface area contributed by atoms with Gasteiger partial charge in [0, 0.05) is 22.7 Å². The van der Waals surface area contributed by atoms with Gasteiger partial charge in [0.2, 0.25) is 0 Å². The minimum Gasteiger partial charge on any atom is -0.465 e. The summed E-state index contributed by atoms with van der Waals surface area (Å²) in [5, 5.41) is 4.27. The molecule has 0 radical (unpaired) electrons. The van der Waals surface area contributed by atoms with Crippen molar-refractivity contribution in [1.29, 1.82) is 0 Å². The highest BCUT2D eigenvalue weighted by atomic mass is 32.1. The number of thiocarbonyl (C=S) groups is 1. The lowest BCUT2D eigenvalue weighted by Crippen LogP contribution is -2.30. The summed E-state index contributed by atoms with van der Waals surface area (Å²) in [4.78, 5) is 26.4. The van der Waals surface area contributed by atoms with E-state index in [1.807, 2.05) is 65.4 Å². The van der Waals surface area contributed by atoms with E-state index in [1.165, 1.54) is 4.90 Å². The quantitative estimate of drug-likeness (QED) is 0.400. The average molecular weight is 405 g/mol. The molecule has 0 atom stereocenters. The largest absolute Gasteiger partial charge is 0.465 e. The zero-order valence-corrected chi connectivity index (χ0v) is 16.6. The lowest BCUT2D eigenvalue weighted by Gasteiger charge is -2.13. The number of nitrogens with zero attached hydrogens (tertiary/aromatic N) is 2. The van der Waals surface area contributed by atoms with Crippen LogP contribution in [-0.2, 0) is 20.9 Å². The van der Waals surface area contributed by atoms with Crippen LogP contribution < -0.4 is 10.2 Å². The van der Waals surface area contributed by atoms with Crippen LogP contribution in [-0.4, -0.2) is 28.2 Å². The smallest absolute Gasteiger partial charge is 0.325 e. The second-order valence-corrected chi connectivity index (χ2v) is 6.89. The van der Waals surface area contributed by atoms with Crippen LogP contribution in [0.1, 0.15) is 12.5 Å². The van der Waals surface area contributed by atoms with E-state index in [9.17, 15) is 9.59 Å². The van der Waals surface area contributed by atoms with Gasteiger partial charge in [0.15, 0.2) is 5.11 Å². The number of carbonyl (C=O) groups excluding carboxylic acids is 2. The maximum Gasteiger partial charge on any atom is 0.325 e. The maximum absolute atomic E-state index is 13.0. The summed E-state index contributed by atoms with van der Waals surface area (Å²) in [6.07, 6.45) is 3.61. The highest BCUT2D eigenvalue weighted by molar-refractivity contribution is 7.80. The molecule has 2 aromatic carbocycles. The van der Waals surface area contributed by atoms with Crippen LogP contribution in [0.2, 0.25) is 0 Å². The second-order valence-electron chi connectivity index (χ2n) is 6.50. The van der Waals surface area contributed by atoms with Gasteiger partial charge < -0.3 is 14.6 Å². The topological polar surface area (TPSA) is 63.6 Å². The van der Waals surface area contributed by atoms with Crippen molar-refractivity contribution in [2.45, 2.75) is 13.5 Å². The first-order valence-corrected chi connectivity index (χ1v) is 9.65. The summed E-state index contributed by atoms with van der Waals surface area (Å²) in [6, 6.07) is 17.0. The van der Waals surface area contributed by atoms with Gasteiger partial charge in [-0.05, 0) is 43.4 Å². The van der Waals surface area contributed by atoms with Crippen molar-refractivity contribution < 1.29 is 14.3 Å². The molecule has 3 aromatic rings. The summed E-state index contributed by atoms with van der Waals surface area (Å²) in [5.74, 6) is -0.526. The lowest BCUT2D eigenvalue weighted by atomic mass is 10.1. The van der Waals surface area contributed by atoms with Gasteiger partial charge in [-0.15, -0.1) is 0 Å². The van der Waals surface area contributed by atoms with Gasteiger partial charge in [0.05, 0.1) is 12.3 Å². The molecule has 1 amide bonds. The van der Waals surface area contributed by atoms with Crippen LogP contribution in [0, 0.1) is 0 Å². The number of hydrogen-bond acceptors (Lipinski definition) is 4. The molecule has 1 aliphatic rings. The fourth-order valence-corrected chi connectivity index (χ4v) is 3.67. The molecule has 2 heterocycles. The number of anilines is 1. The molecular formula is C22H19N3O3S. The van der Waals surface area contributed by atoms with E-state index in [-0.39, 0.29) is 18.4 Å². The van der Waals surface area contributed by atoms with Gasteiger partial charge in [0.1, 0.15) is 12.2 Å². The number of aromatic nitrogens is 1. The van der Waals surface area contributed by atoms with E-state index < -0.39 is 0 Å². The molecule has 146 valence electrons. The third-order valence-corrected chi connectivity index (χ3v) is 4.90. The van der Waals surface area contributed by atoms with Crippen molar-refractivity contribution in [2.24, 2.45) is 0 Å². The minimum absolute atomic E-state index is 0.105. The van der Waals surface area contributed by atoms with Gasteiger partial charge in [-0.1, -0.05) is 36.4 Å². The van der Waals surface area contributed by atoms with Gasteiger partial charge in [-0.3, -0.25) is 14.5 Å². The van der Waals surface area contributed by atoms with E-state index in [0.717, 1.165) is 16.5 Å². The molecule has 0 aliphatic carbocycles. The molecule has 1 fully saturated rings. The van der Waals surface area contributed by atoms with E-state index in [0.29, 0.717) is 23.1 Å². The van der Waals surface area contributed by atoms with Crippen molar-refractivity contribution in [3.8, 4) is 0 Å². The van der Waals surface area contributed by atoms with Gasteiger partial charge in [-0.2, -0.15) is 0 Å². The Morgan fingerprint density at radius 3 is 2.62 bits per heavy atom. The van der Waals surface area contributed by atoms with Crippen LogP contribution in [0.4, 0.5) is 5.69 Å². The van der Waals surface area contributed by atoms with Crippen molar-refractivity contribution in [2.75, 3.05) is 11.5 Å². The molecule has 7 heteroatoms. The lowest BCUT2D eigenvalue weighted by molar-refractivity contribution is -0.143. The SMILES string of the molecule is CCOC(=O)Cn1cc(/C=C2\NC(=S)N(c3ccccc3)C2=O)c2ccccc21. The zero-order valence-electron chi connectivity index (χ0n) is 15.8. The number of hydrogen-bond donors (Lipinski definition) is 1. The van der Waals surface area contributed by atoms with E-state index >= 15 is 0 Å². The van der Waals surface area contributed by atoms with Gasteiger partial charge >= 0.3 is 5.97 Å². The molecule has 29 heavy (non-hydrogen) atoms. The van der Waals surface area contributed by atoms with Crippen molar-refractivity contribution in [1.82, 2.24) is 9.88 Å². The molecule has 0 spiro atoms. The molecule has 6 nitrogen and oxygen atoms in total. The predicted octanol–water partition coefficient (Wildman–Crippen LogP) is 3.47. The summed E-state index contributed by atoms with van der Waals surface area (Å²) in [7, 11) is 0. The van der Waals surface area contributed by atoms with E-state index in [4.69, 9.17) is 17.0 Å². The number of para-hydroxylation sites is 2. The van der Waals surface area contributed by atoms with Crippen molar-refractivity contribution >= 4 is 51.9 Å². The Morgan fingerprint density at radius 1 is 1.14 bits per heavy atom. The summed E-state index contributed by atoms with van der Waals surface area (Å²) < 4.78 is 6.89. The number of amides is 1. The minimum atomic E-state index is -0.307. The van der Waals surface area contributed by atoms with Crippen LogP contribution >= 0.6 is 12.2 Å². The first-order valence-electron chi connectivity index (χ1n) is 9.24. The van der Waals surface area contributed by atoms with Gasteiger partial charge in [-0.25, -0.2) is 0 Å². The van der Waals surface area contributed by atoms with Crippen LogP contribution in [0.3, 0.4) is 0 Å². The van der Waals surface area contributed by atoms with Crippen LogP contribution in [0.5, 0.6) is 0 Å². The van der Waals surface area contributed by atoms with E-state index in [1.54, 1.807) is 13.0 Å². The number of rotatable bonds is 5. The molecule has 0 bridgehead atoms. The first kappa shape index (κ1) is 18.9. The molecule has 1 aliphatic heterocycles. The van der Waals surface area contributed by atoms with Gasteiger partial charge in [0.25, 0.3) is 5.91 Å². The Balaban J connectivity index is 1.70. The molecule has 1 N–H and O–H groups in total. The maximum atomic E-state index is 13.0.